The van der Waals surface area contributed by atoms with Crippen molar-refractivity contribution in [3.63, 3.8) is 0 Å². The maximum absolute atomic E-state index is 5.49. The summed E-state index contributed by atoms with van der Waals surface area (Å²) in [6.07, 6.45) is 6.19. The van der Waals surface area contributed by atoms with Gasteiger partial charge in [0.1, 0.15) is 0 Å². The number of hydrogen-bond donors (Lipinski definition) is 0. The maximum Gasteiger partial charge on any atom is 0.0824 e. The smallest absolute Gasteiger partial charge is 0.0824 e. The summed E-state index contributed by atoms with van der Waals surface area (Å²) in [5.41, 5.74) is 2.67. The third-order valence-corrected chi connectivity index (χ3v) is 2.77. The second-order valence-electron chi connectivity index (χ2n) is 3.68. The van der Waals surface area contributed by atoms with Gasteiger partial charge in [0.05, 0.1) is 6.10 Å². The fraction of sp³-hybridized carbons (Fsp3) is 0.385. The summed E-state index contributed by atoms with van der Waals surface area (Å²) in [5, 5.41) is 0. The van der Waals surface area contributed by atoms with Crippen LogP contribution in [0.25, 0.3) is 5.57 Å². The van der Waals surface area contributed by atoms with Gasteiger partial charge in [-0.3, -0.25) is 0 Å². The van der Waals surface area contributed by atoms with Crippen molar-refractivity contribution in [1.29, 1.82) is 0 Å². The van der Waals surface area contributed by atoms with Crippen LogP contribution in [0, 0.1) is 0 Å². The highest BCUT2D eigenvalue weighted by Gasteiger charge is 2.17. The van der Waals surface area contributed by atoms with Crippen LogP contribution in [0.15, 0.2) is 36.4 Å². The van der Waals surface area contributed by atoms with Crippen LogP contribution in [-0.4, -0.2) is 13.2 Å². The molecule has 1 aromatic rings. The van der Waals surface area contributed by atoms with E-state index in [0.717, 1.165) is 6.42 Å². The number of methoxy groups -OCH3 is 1. The molecule has 0 saturated heterocycles. The predicted octanol–water partition coefficient (Wildman–Crippen LogP) is 3.27. The summed E-state index contributed by atoms with van der Waals surface area (Å²) in [4.78, 5) is 0. The fourth-order valence-electron chi connectivity index (χ4n) is 2.03. The third kappa shape index (κ3) is 1.88. The molecule has 14 heavy (non-hydrogen) atoms. The minimum atomic E-state index is 0.297. The predicted molar refractivity (Wildman–Crippen MR) is 59.1 cm³/mol. The summed E-state index contributed by atoms with van der Waals surface area (Å²) >= 11 is 0. The van der Waals surface area contributed by atoms with Crippen LogP contribution < -0.4 is 0 Å². The second-order valence-corrected chi connectivity index (χ2v) is 3.68. The van der Waals surface area contributed by atoms with E-state index in [1.165, 1.54) is 24.0 Å². The Labute approximate surface area is 85.4 Å². The molecule has 1 heteroatoms. The van der Waals surface area contributed by atoms with Crippen molar-refractivity contribution in [2.45, 2.75) is 25.4 Å². The first-order chi connectivity index (χ1) is 6.92. The molecule has 1 unspecified atom stereocenters. The van der Waals surface area contributed by atoms with Gasteiger partial charge in [0.25, 0.3) is 0 Å². The number of rotatable bonds is 2. The van der Waals surface area contributed by atoms with E-state index < -0.39 is 0 Å². The van der Waals surface area contributed by atoms with E-state index in [1.807, 2.05) is 0 Å². The van der Waals surface area contributed by atoms with E-state index in [-0.39, 0.29) is 0 Å². The monoisotopic (exact) mass is 188 g/mol. The summed E-state index contributed by atoms with van der Waals surface area (Å²) in [6.45, 7) is 0. The van der Waals surface area contributed by atoms with Crippen LogP contribution in [0.4, 0.5) is 0 Å². The molecule has 0 bridgehead atoms. The number of ether oxygens (including phenoxy) is 1. The van der Waals surface area contributed by atoms with Crippen LogP contribution >= 0.6 is 0 Å². The van der Waals surface area contributed by atoms with Gasteiger partial charge in [-0.15, -0.1) is 0 Å². The van der Waals surface area contributed by atoms with Crippen molar-refractivity contribution in [1.82, 2.24) is 0 Å². The number of hydrogen-bond acceptors (Lipinski definition) is 1. The minimum absolute atomic E-state index is 0.297. The molecule has 0 aromatic heterocycles. The Morgan fingerprint density at radius 1 is 1.21 bits per heavy atom. The molecule has 0 aliphatic heterocycles. The van der Waals surface area contributed by atoms with E-state index in [0.29, 0.717) is 6.10 Å². The molecule has 0 saturated carbocycles. The Bertz CT molecular complexity index is 313. The van der Waals surface area contributed by atoms with Crippen molar-refractivity contribution in [3.8, 4) is 0 Å². The molecule has 1 atom stereocenters. The molecule has 1 aliphatic carbocycles. The molecule has 0 N–H and O–H groups in total. The zero-order valence-electron chi connectivity index (χ0n) is 8.57. The molecule has 0 heterocycles. The highest BCUT2D eigenvalue weighted by molar-refractivity contribution is 5.69. The van der Waals surface area contributed by atoms with Crippen molar-refractivity contribution >= 4 is 5.57 Å². The Morgan fingerprint density at radius 3 is 2.71 bits per heavy atom. The summed E-state index contributed by atoms with van der Waals surface area (Å²) < 4.78 is 5.49. The summed E-state index contributed by atoms with van der Waals surface area (Å²) in [5.74, 6) is 0. The van der Waals surface area contributed by atoms with Crippen LogP contribution in [0.2, 0.25) is 0 Å². The van der Waals surface area contributed by atoms with Gasteiger partial charge < -0.3 is 4.74 Å². The first-order valence-electron chi connectivity index (χ1n) is 5.20. The largest absolute Gasteiger partial charge is 0.377 e. The van der Waals surface area contributed by atoms with Gasteiger partial charge in [-0.2, -0.15) is 0 Å². The average molecular weight is 188 g/mol. The lowest BCUT2D eigenvalue weighted by molar-refractivity contribution is 0.136. The lowest BCUT2D eigenvalue weighted by Crippen LogP contribution is -2.15. The second kappa shape index (κ2) is 4.43. The summed E-state index contributed by atoms with van der Waals surface area (Å²) in [7, 11) is 1.80. The van der Waals surface area contributed by atoms with E-state index in [9.17, 15) is 0 Å². The zero-order chi connectivity index (χ0) is 9.80. The van der Waals surface area contributed by atoms with E-state index in [1.54, 1.807) is 7.11 Å². The maximum atomic E-state index is 5.49. The van der Waals surface area contributed by atoms with Crippen LogP contribution in [0.3, 0.4) is 0 Å². The van der Waals surface area contributed by atoms with Crippen molar-refractivity contribution in [3.05, 3.63) is 42.0 Å². The molecule has 1 aromatic carbocycles. The Kier molecular flexibility index (Phi) is 3.00. The van der Waals surface area contributed by atoms with Gasteiger partial charge in [0, 0.05) is 7.11 Å². The van der Waals surface area contributed by atoms with Gasteiger partial charge in [0.2, 0.25) is 0 Å². The van der Waals surface area contributed by atoms with Crippen LogP contribution in [-0.2, 0) is 4.74 Å². The van der Waals surface area contributed by atoms with Crippen LogP contribution in [0.1, 0.15) is 24.8 Å². The van der Waals surface area contributed by atoms with E-state index >= 15 is 0 Å². The van der Waals surface area contributed by atoms with Crippen molar-refractivity contribution < 1.29 is 4.74 Å². The lowest BCUT2D eigenvalue weighted by atomic mass is 9.91. The SMILES string of the molecule is COC1CCCC=C1c1ccccc1. The Hall–Kier alpha value is -1.08. The lowest BCUT2D eigenvalue weighted by Gasteiger charge is -2.23. The Morgan fingerprint density at radius 2 is 2.00 bits per heavy atom. The van der Waals surface area contributed by atoms with Gasteiger partial charge in [0.15, 0.2) is 0 Å². The third-order valence-electron chi connectivity index (χ3n) is 2.77. The molecule has 0 spiro atoms. The van der Waals surface area contributed by atoms with Crippen molar-refractivity contribution in [2.75, 3.05) is 7.11 Å². The molecule has 1 aliphatic rings. The van der Waals surface area contributed by atoms with E-state index in [2.05, 4.69) is 36.4 Å². The quantitative estimate of drug-likeness (QED) is 0.692. The molecule has 0 fully saturated rings. The first kappa shape index (κ1) is 9.47. The topological polar surface area (TPSA) is 9.23 Å². The summed E-state index contributed by atoms with van der Waals surface area (Å²) in [6, 6.07) is 10.5. The number of allylic oxidation sites excluding steroid dienone is 1. The minimum Gasteiger partial charge on any atom is -0.377 e. The van der Waals surface area contributed by atoms with Gasteiger partial charge in [-0.25, -0.2) is 0 Å². The van der Waals surface area contributed by atoms with Gasteiger partial charge >= 0.3 is 0 Å². The standard InChI is InChI=1S/C13H16O/c1-14-13-10-6-5-9-12(13)11-7-3-2-4-8-11/h2-4,7-9,13H,5-6,10H2,1H3. The number of benzene rings is 1. The van der Waals surface area contributed by atoms with Crippen molar-refractivity contribution in [2.24, 2.45) is 0 Å². The van der Waals surface area contributed by atoms with Crippen LogP contribution in [0.5, 0.6) is 0 Å². The molecule has 0 radical (unpaired) electrons. The van der Waals surface area contributed by atoms with E-state index in [4.69, 9.17) is 4.74 Å². The van der Waals surface area contributed by atoms with Gasteiger partial charge in [-0.1, -0.05) is 36.4 Å². The molecular formula is C13H16O. The van der Waals surface area contributed by atoms with Gasteiger partial charge in [-0.05, 0) is 30.4 Å². The molecule has 74 valence electrons. The Balaban J connectivity index is 2.28. The molecule has 1 nitrogen and oxygen atoms in total. The molecule has 2 rings (SSSR count). The fourth-order valence-corrected chi connectivity index (χ4v) is 2.03. The normalized spacial score (nSPS) is 21.8. The first-order valence-corrected chi connectivity index (χ1v) is 5.20. The highest BCUT2D eigenvalue weighted by atomic mass is 16.5. The average Bonchev–Trinajstić information content (AvgIpc) is 2.30. The molecular weight excluding hydrogens is 172 g/mol. The molecule has 0 amide bonds. The highest BCUT2D eigenvalue weighted by Crippen LogP contribution is 2.28. The zero-order valence-corrected chi connectivity index (χ0v) is 8.57.